The lowest BCUT2D eigenvalue weighted by Gasteiger charge is -2.42. The first-order chi connectivity index (χ1) is 15.0. The van der Waals surface area contributed by atoms with Crippen molar-refractivity contribution >= 4 is 23.1 Å². The van der Waals surface area contributed by atoms with Crippen molar-refractivity contribution in [1.29, 1.82) is 0 Å². The molecule has 162 valence electrons. The van der Waals surface area contributed by atoms with E-state index in [1.54, 1.807) is 29.9 Å². The maximum atomic E-state index is 14.2. The number of amides is 1. The molecule has 0 bridgehead atoms. The molecule has 31 heavy (non-hydrogen) atoms. The summed E-state index contributed by atoms with van der Waals surface area (Å²) in [6.07, 6.45) is 6.38. The number of pyridine rings is 1. The third kappa shape index (κ3) is 4.21. The lowest BCUT2D eigenvalue weighted by molar-refractivity contribution is 0.0285. The number of imidazole rings is 1. The van der Waals surface area contributed by atoms with Crippen molar-refractivity contribution in [3.8, 4) is 0 Å². The molecule has 2 aliphatic rings. The van der Waals surface area contributed by atoms with Crippen LogP contribution >= 0.6 is 0 Å². The van der Waals surface area contributed by atoms with Crippen LogP contribution in [0.1, 0.15) is 16.2 Å². The van der Waals surface area contributed by atoms with Crippen molar-refractivity contribution in [3.05, 3.63) is 48.1 Å². The summed E-state index contributed by atoms with van der Waals surface area (Å²) in [5.74, 6) is 0.427. The van der Waals surface area contributed by atoms with Crippen molar-refractivity contribution < 1.29 is 13.9 Å². The van der Waals surface area contributed by atoms with Crippen molar-refractivity contribution in [3.63, 3.8) is 0 Å². The van der Waals surface area contributed by atoms with E-state index >= 15 is 0 Å². The highest BCUT2D eigenvalue weighted by Crippen LogP contribution is 2.23. The van der Waals surface area contributed by atoms with Gasteiger partial charge in [0.1, 0.15) is 11.5 Å². The molecule has 9 nitrogen and oxygen atoms in total. The maximum absolute atomic E-state index is 14.2. The number of morpholine rings is 1. The van der Waals surface area contributed by atoms with Crippen LogP contribution in [0.25, 0.3) is 5.65 Å². The molecule has 2 aliphatic heterocycles. The number of nitrogens with zero attached hydrogens (tertiary/aromatic N) is 6. The van der Waals surface area contributed by atoms with Crippen molar-refractivity contribution in [2.24, 2.45) is 5.92 Å². The first kappa shape index (κ1) is 19.8. The lowest BCUT2D eigenvalue weighted by atomic mass is 9.99. The minimum absolute atomic E-state index is 0.177. The quantitative estimate of drug-likeness (QED) is 0.664. The minimum Gasteiger partial charge on any atom is -0.379 e. The summed E-state index contributed by atoms with van der Waals surface area (Å²) in [4.78, 5) is 29.9. The van der Waals surface area contributed by atoms with Crippen LogP contribution < -0.4 is 10.2 Å². The van der Waals surface area contributed by atoms with E-state index in [1.807, 2.05) is 0 Å². The van der Waals surface area contributed by atoms with Crippen LogP contribution in [-0.4, -0.2) is 76.1 Å². The second-order valence-corrected chi connectivity index (χ2v) is 8.09. The van der Waals surface area contributed by atoms with Gasteiger partial charge in [-0.3, -0.25) is 9.69 Å². The molecule has 0 atom stereocenters. The molecule has 0 radical (unpaired) electrons. The molecular formula is C21H24FN7O2. The maximum Gasteiger partial charge on any atom is 0.275 e. The standard InChI is InChI=1S/C21H24FN7O2/c1-14-9-29-13-16(6-17(22)20(29)25-14)26-21(30)18-7-24-19(8-23-18)28-11-15(12-28)10-27-2-4-31-5-3-27/h6-9,13,15H,2-5,10-12H2,1H3,(H,26,30). The molecule has 1 amide bonds. The van der Waals surface area contributed by atoms with Crippen LogP contribution in [0.15, 0.2) is 30.9 Å². The Balaban J connectivity index is 1.18. The Kier molecular flexibility index (Phi) is 5.24. The van der Waals surface area contributed by atoms with Gasteiger partial charge in [-0.25, -0.2) is 19.3 Å². The number of fused-ring (bicyclic) bond motifs is 1. The second-order valence-electron chi connectivity index (χ2n) is 8.09. The molecule has 2 saturated heterocycles. The molecule has 5 heterocycles. The Morgan fingerprint density at radius 1 is 1.23 bits per heavy atom. The molecule has 10 heteroatoms. The Morgan fingerprint density at radius 2 is 2.03 bits per heavy atom. The normalized spacial score (nSPS) is 17.7. The van der Waals surface area contributed by atoms with Gasteiger partial charge in [0.15, 0.2) is 11.5 Å². The molecule has 0 aliphatic carbocycles. The first-order valence-electron chi connectivity index (χ1n) is 10.4. The fraction of sp³-hybridized carbons (Fsp3) is 0.429. The zero-order valence-corrected chi connectivity index (χ0v) is 17.3. The molecule has 2 fully saturated rings. The van der Waals surface area contributed by atoms with E-state index in [4.69, 9.17) is 4.74 Å². The predicted octanol–water partition coefficient (Wildman–Crippen LogP) is 1.59. The van der Waals surface area contributed by atoms with E-state index in [-0.39, 0.29) is 11.3 Å². The van der Waals surface area contributed by atoms with Gasteiger partial charge in [0.25, 0.3) is 5.91 Å². The number of aromatic nitrogens is 4. The van der Waals surface area contributed by atoms with E-state index in [0.29, 0.717) is 17.3 Å². The number of nitrogens with one attached hydrogen (secondary N) is 1. The average Bonchev–Trinajstić information content (AvgIpc) is 3.12. The average molecular weight is 425 g/mol. The number of rotatable bonds is 5. The van der Waals surface area contributed by atoms with Gasteiger partial charge in [-0.2, -0.15) is 0 Å². The van der Waals surface area contributed by atoms with Gasteiger partial charge in [-0.05, 0) is 6.92 Å². The molecule has 5 rings (SSSR count). The largest absolute Gasteiger partial charge is 0.379 e. The topological polar surface area (TPSA) is 87.9 Å². The Morgan fingerprint density at radius 3 is 2.77 bits per heavy atom. The van der Waals surface area contributed by atoms with Crippen molar-refractivity contribution in [2.45, 2.75) is 6.92 Å². The molecule has 1 N–H and O–H groups in total. The van der Waals surface area contributed by atoms with Gasteiger partial charge in [0, 0.05) is 57.1 Å². The summed E-state index contributed by atoms with van der Waals surface area (Å²) >= 11 is 0. The highest BCUT2D eigenvalue weighted by molar-refractivity contribution is 6.02. The summed E-state index contributed by atoms with van der Waals surface area (Å²) in [5.41, 5.74) is 1.42. The fourth-order valence-corrected chi connectivity index (χ4v) is 4.07. The zero-order chi connectivity index (χ0) is 21.4. The number of anilines is 2. The van der Waals surface area contributed by atoms with Gasteiger partial charge in [-0.15, -0.1) is 0 Å². The molecule has 3 aromatic heterocycles. The SMILES string of the molecule is Cc1cn2cc(NC(=O)c3cnc(N4CC(CN5CCOCC5)C4)cn3)cc(F)c2n1. The van der Waals surface area contributed by atoms with E-state index < -0.39 is 11.7 Å². The second kappa shape index (κ2) is 8.20. The van der Waals surface area contributed by atoms with Gasteiger partial charge < -0.3 is 19.4 Å². The van der Waals surface area contributed by atoms with E-state index in [9.17, 15) is 9.18 Å². The molecule has 0 aromatic carbocycles. The van der Waals surface area contributed by atoms with Gasteiger partial charge in [-0.1, -0.05) is 0 Å². The lowest BCUT2D eigenvalue weighted by Crippen LogP contribution is -2.53. The Bertz CT molecular complexity index is 1090. The number of carbonyl (C=O) groups excluding carboxylic acids is 1. The Hall–Kier alpha value is -3.11. The number of carbonyl (C=O) groups is 1. The summed E-state index contributed by atoms with van der Waals surface area (Å²) < 4.78 is 21.1. The van der Waals surface area contributed by atoms with Crippen LogP contribution in [0.2, 0.25) is 0 Å². The highest BCUT2D eigenvalue weighted by Gasteiger charge is 2.30. The number of aryl methyl sites for hydroxylation is 1. The monoisotopic (exact) mass is 425 g/mol. The summed E-state index contributed by atoms with van der Waals surface area (Å²) in [7, 11) is 0. The highest BCUT2D eigenvalue weighted by atomic mass is 19.1. The molecule has 3 aromatic rings. The molecular weight excluding hydrogens is 401 g/mol. The van der Waals surface area contributed by atoms with Crippen LogP contribution in [0.5, 0.6) is 0 Å². The number of hydrogen-bond donors (Lipinski definition) is 1. The number of halogens is 1. The smallest absolute Gasteiger partial charge is 0.275 e. The molecule has 0 saturated carbocycles. The molecule has 0 spiro atoms. The summed E-state index contributed by atoms with van der Waals surface area (Å²) in [6.45, 7) is 8.34. The van der Waals surface area contributed by atoms with E-state index in [0.717, 1.165) is 51.8 Å². The van der Waals surface area contributed by atoms with Crippen LogP contribution in [0.4, 0.5) is 15.9 Å². The van der Waals surface area contributed by atoms with Crippen LogP contribution in [0.3, 0.4) is 0 Å². The predicted molar refractivity (Wildman–Crippen MR) is 113 cm³/mol. The van der Waals surface area contributed by atoms with Crippen LogP contribution in [-0.2, 0) is 4.74 Å². The van der Waals surface area contributed by atoms with Crippen molar-refractivity contribution in [1.82, 2.24) is 24.3 Å². The zero-order valence-electron chi connectivity index (χ0n) is 17.3. The van der Waals surface area contributed by atoms with Gasteiger partial charge >= 0.3 is 0 Å². The van der Waals surface area contributed by atoms with E-state index in [2.05, 4.69) is 30.1 Å². The van der Waals surface area contributed by atoms with Gasteiger partial charge in [0.2, 0.25) is 0 Å². The first-order valence-corrected chi connectivity index (χ1v) is 10.4. The van der Waals surface area contributed by atoms with Gasteiger partial charge in [0.05, 0.1) is 37.0 Å². The Labute approximate surface area is 178 Å². The molecule has 0 unspecified atom stereocenters. The van der Waals surface area contributed by atoms with E-state index in [1.165, 1.54) is 12.3 Å². The number of hydrogen-bond acceptors (Lipinski definition) is 7. The third-order valence-electron chi connectivity index (χ3n) is 5.66. The summed E-state index contributed by atoms with van der Waals surface area (Å²) in [6, 6.07) is 1.25. The fourth-order valence-electron chi connectivity index (χ4n) is 4.07. The summed E-state index contributed by atoms with van der Waals surface area (Å²) in [5, 5.41) is 2.67. The third-order valence-corrected chi connectivity index (χ3v) is 5.66. The van der Waals surface area contributed by atoms with Crippen molar-refractivity contribution in [2.75, 3.05) is 56.2 Å². The minimum atomic E-state index is -0.503. The number of ether oxygens (including phenoxy) is 1. The van der Waals surface area contributed by atoms with Crippen LogP contribution in [0, 0.1) is 18.7 Å².